The Hall–Kier alpha value is -0.630. The third kappa shape index (κ3) is 2.06. The van der Waals surface area contributed by atoms with Crippen LogP contribution in [0.2, 0.25) is 0 Å². The lowest BCUT2D eigenvalue weighted by atomic mass is 9.63. The van der Waals surface area contributed by atoms with Crippen molar-refractivity contribution in [1.29, 1.82) is 0 Å². The molecule has 0 aromatic carbocycles. The number of hydrogen-bond acceptors (Lipinski definition) is 2. The maximum atomic E-state index is 11.7. The zero-order chi connectivity index (χ0) is 10.8. The average molecular weight is 196 g/mol. The van der Waals surface area contributed by atoms with Gasteiger partial charge in [0.2, 0.25) is 0 Å². The number of ketones is 1. The lowest BCUT2D eigenvalue weighted by molar-refractivity contribution is -0.126. The maximum Gasteiger partial charge on any atom is 0.158 e. The van der Waals surface area contributed by atoms with E-state index >= 15 is 0 Å². The highest BCUT2D eigenvalue weighted by Gasteiger charge is 2.41. The summed E-state index contributed by atoms with van der Waals surface area (Å²) >= 11 is 0. The Morgan fingerprint density at radius 2 is 2.36 bits per heavy atom. The predicted molar refractivity (Wildman–Crippen MR) is 56.9 cm³/mol. The average Bonchev–Trinajstić information content (AvgIpc) is 2.21. The number of aliphatic hydroxyl groups is 1. The smallest absolute Gasteiger partial charge is 0.158 e. The largest absolute Gasteiger partial charge is 0.396 e. The summed E-state index contributed by atoms with van der Waals surface area (Å²) in [5, 5.41) is 9.36. The molecule has 80 valence electrons. The molecule has 0 saturated heterocycles. The Morgan fingerprint density at radius 3 is 2.86 bits per heavy atom. The highest BCUT2D eigenvalue weighted by molar-refractivity contribution is 5.91. The molecular formula is C12H20O2. The minimum atomic E-state index is -0.224. The van der Waals surface area contributed by atoms with Gasteiger partial charge in [-0.25, -0.2) is 0 Å². The summed E-state index contributed by atoms with van der Waals surface area (Å²) in [4.78, 5) is 11.7. The van der Waals surface area contributed by atoms with Crippen molar-refractivity contribution in [2.45, 2.75) is 33.1 Å². The Kier molecular flexibility index (Phi) is 3.48. The number of hydrogen-bond donors (Lipinski definition) is 1. The molecule has 1 rings (SSSR count). The number of carbonyl (C=O) groups excluding carboxylic acids is 1. The van der Waals surface area contributed by atoms with E-state index in [1.165, 1.54) is 6.08 Å². The molecule has 0 spiro atoms. The lowest BCUT2D eigenvalue weighted by Crippen LogP contribution is -2.40. The van der Waals surface area contributed by atoms with Gasteiger partial charge in [0.25, 0.3) is 0 Å². The first kappa shape index (κ1) is 11.4. The summed E-state index contributed by atoms with van der Waals surface area (Å²) in [7, 11) is 0. The molecule has 14 heavy (non-hydrogen) atoms. The molecule has 0 aromatic rings. The van der Waals surface area contributed by atoms with Crippen LogP contribution in [0.4, 0.5) is 0 Å². The van der Waals surface area contributed by atoms with Crippen molar-refractivity contribution in [2.24, 2.45) is 17.3 Å². The van der Waals surface area contributed by atoms with Crippen molar-refractivity contribution in [3.63, 3.8) is 0 Å². The standard InChI is InChI=1S/C12H20O2/c1-4-11(14)10-7-9(2)5-6-12(10,3)8-13/h4,9-10,13H,1,5-8H2,2-3H3. The van der Waals surface area contributed by atoms with Crippen LogP contribution in [0.25, 0.3) is 0 Å². The molecular weight excluding hydrogens is 176 g/mol. The van der Waals surface area contributed by atoms with Gasteiger partial charge in [0.05, 0.1) is 0 Å². The van der Waals surface area contributed by atoms with Crippen LogP contribution in [0.3, 0.4) is 0 Å². The lowest BCUT2D eigenvalue weighted by Gasteiger charge is -2.41. The van der Waals surface area contributed by atoms with E-state index in [-0.39, 0.29) is 23.7 Å². The van der Waals surface area contributed by atoms with E-state index in [0.717, 1.165) is 19.3 Å². The molecule has 2 nitrogen and oxygen atoms in total. The summed E-state index contributed by atoms with van der Waals surface area (Å²) in [5.41, 5.74) is -0.224. The number of aliphatic hydroxyl groups excluding tert-OH is 1. The van der Waals surface area contributed by atoms with Crippen LogP contribution in [0, 0.1) is 17.3 Å². The summed E-state index contributed by atoms with van der Waals surface area (Å²) in [6.07, 6.45) is 4.34. The first-order valence-electron chi connectivity index (χ1n) is 5.30. The molecule has 1 saturated carbocycles. The van der Waals surface area contributed by atoms with Gasteiger partial charge in [-0.3, -0.25) is 4.79 Å². The molecule has 2 heteroatoms. The van der Waals surface area contributed by atoms with Crippen molar-refractivity contribution >= 4 is 5.78 Å². The van der Waals surface area contributed by atoms with Crippen molar-refractivity contribution in [3.8, 4) is 0 Å². The molecule has 0 aliphatic heterocycles. The van der Waals surface area contributed by atoms with E-state index in [2.05, 4.69) is 13.5 Å². The Morgan fingerprint density at radius 1 is 1.71 bits per heavy atom. The molecule has 1 aliphatic rings. The second-order valence-electron chi connectivity index (χ2n) is 4.85. The fourth-order valence-corrected chi connectivity index (χ4v) is 2.35. The van der Waals surface area contributed by atoms with Gasteiger partial charge in [0.1, 0.15) is 0 Å². The van der Waals surface area contributed by atoms with Gasteiger partial charge in [0.15, 0.2) is 5.78 Å². The SMILES string of the molecule is C=CC(=O)C1CC(C)CCC1(C)CO. The van der Waals surface area contributed by atoms with Crippen molar-refractivity contribution in [3.05, 3.63) is 12.7 Å². The summed E-state index contributed by atoms with van der Waals surface area (Å²) < 4.78 is 0. The molecule has 1 fully saturated rings. The first-order valence-corrected chi connectivity index (χ1v) is 5.30. The quantitative estimate of drug-likeness (QED) is 0.702. The van der Waals surface area contributed by atoms with E-state index < -0.39 is 0 Å². The number of rotatable bonds is 3. The Balaban J connectivity index is 2.83. The maximum absolute atomic E-state index is 11.7. The van der Waals surface area contributed by atoms with Crippen LogP contribution in [-0.4, -0.2) is 17.5 Å². The van der Waals surface area contributed by atoms with Crippen LogP contribution in [0.5, 0.6) is 0 Å². The van der Waals surface area contributed by atoms with Gasteiger partial charge in [-0.2, -0.15) is 0 Å². The van der Waals surface area contributed by atoms with Gasteiger partial charge in [-0.1, -0.05) is 26.8 Å². The summed E-state index contributed by atoms with van der Waals surface area (Å²) in [6.45, 7) is 7.80. The first-order chi connectivity index (χ1) is 6.53. The molecule has 3 unspecified atom stereocenters. The molecule has 0 heterocycles. The van der Waals surface area contributed by atoms with Gasteiger partial charge in [-0.15, -0.1) is 0 Å². The van der Waals surface area contributed by atoms with E-state index in [0.29, 0.717) is 5.92 Å². The third-order valence-corrected chi connectivity index (χ3v) is 3.59. The fourth-order valence-electron chi connectivity index (χ4n) is 2.35. The monoisotopic (exact) mass is 196 g/mol. The van der Waals surface area contributed by atoms with Crippen molar-refractivity contribution in [2.75, 3.05) is 6.61 Å². The number of carbonyl (C=O) groups is 1. The van der Waals surface area contributed by atoms with Gasteiger partial charge in [-0.05, 0) is 24.8 Å². The highest BCUT2D eigenvalue weighted by atomic mass is 16.3. The second-order valence-corrected chi connectivity index (χ2v) is 4.85. The van der Waals surface area contributed by atoms with Crippen molar-refractivity contribution < 1.29 is 9.90 Å². The molecule has 0 bridgehead atoms. The fraction of sp³-hybridized carbons (Fsp3) is 0.750. The van der Waals surface area contributed by atoms with Crippen molar-refractivity contribution in [1.82, 2.24) is 0 Å². The summed E-state index contributed by atoms with van der Waals surface area (Å²) in [6, 6.07) is 0. The van der Waals surface area contributed by atoms with Gasteiger partial charge < -0.3 is 5.11 Å². The molecule has 0 aromatic heterocycles. The predicted octanol–water partition coefficient (Wildman–Crippen LogP) is 2.18. The minimum Gasteiger partial charge on any atom is -0.396 e. The normalized spacial score (nSPS) is 37.9. The van der Waals surface area contributed by atoms with Crippen LogP contribution >= 0.6 is 0 Å². The van der Waals surface area contributed by atoms with Gasteiger partial charge >= 0.3 is 0 Å². The Labute approximate surface area is 86.0 Å². The second kappa shape index (κ2) is 4.26. The van der Waals surface area contributed by atoms with Gasteiger partial charge in [0, 0.05) is 17.9 Å². The minimum absolute atomic E-state index is 0.0336. The molecule has 1 aliphatic carbocycles. The van der Waals surface area contributed by atoms with Crippen LogP contribution in [-0.2, 0) is 4.79 Å². The molecule has 0 radical (unpaired) electrons. The third-order valence-electron chi connectivity index (χ3n) is 3.59. The molecule has 0 amide bonds. The topological polar surface area (TPSA) is 37.3 Å². The van der Waals surface area contributed by atoms with E-state index in [4.69, 9.17) is 0 Å². The zero-order valence-corrected chi connectivity index (χ0v) is 9.12. The molecule has 3 atom stereocenters. The van der Waals surface area contributed by atoms with Crippen LogP contribution in [0.1, 0.15) is 33.1 Å². The highest BCUT2D eigenvalue weighted by Crippen LogP contribution is 2.43. The van der Waals surface area contributed by atoms with E-state index in [9.17, 15) is 9.90 Å². The Bertz CT molecular complexity index is 234. The zero-order valence-electron chi connectivity index (χ0n) is 9.12. The van der Waals surface area contributed by atoms with E-state index in [1.807, 2.05) is 6.92 Å². The number of allylic oxidation sites excluding steroid dienone is 1. The van der Waals surface area contributed by atoms with E-state index in [1.54, 1.807) is 0 Å². The van der Waals surface area contributed by atoms with Crippen LogP contribution < -0.4 is 0 Å². The summed E-state index contributed by atoms with van der Waals surface area (Å²) in [5.74, 6) is 0.644. The molecule has 1 N–H and O–H groups in total. The van der Waals surface area contributed by atoms with Crippen LogP contribution in [0.15, 0.2) is 12.7 Å².